The van der Waals surface area contributed by atoms with E-state index in [1.807, 2.05) is 0 Å². The zero-order valence-corrected chi connectivity index (χ0v) is 22.9. The molecule has 6 rings (SSSR count). The largest absolute Gasteiger partial charge is 0.0761 e. The Morgan fingerprint density at radius 3 is 1.68 bits per heavy atom. The van der Waals surface area contributed by atoms with Gasteiger partial charge in [-0.05, 0) is 109 Å². The Labute approximate surface area is 222 Å². The van der Waals surface area contributed by atoms with E-state index in [0.29, 0.717) is 0 Å². The number of benzene rings is 4. The molecule has 4 aromatic rings. The van der Waals surface area contributed by atoms with Crippen LogP contribution in [0, 0.1) is 47.5 Å². The van der Waals surface area contributed by atoms with Gasteiger partial charge in [-0.15, -0.1) is 0 Å². The van der Waals surface area contributed by atoms with Gasteiger partial charge < -0.3 is 0 Å². The Kier molecular flexibility index (Phi) is 5.60. The van der Waals surface area contributed by atoms with Gasteiger partial charge in [0.05, 0.1) is 5.41 Å². The van der Waals surface area contributed by atoms with Gasteiger partial charge in [0, 0.05) is 5.92 Å². The fourth-order valence-corrected chi connectivity index (χ4v) is 6.75. The van der Waals surface area contributed by atoms with Crippen LogP contribution in [0.5, 0.6) is 0 Å². The van der Waals surface area contributed by atoms with Crippen molar-refractivity contribution in [3.63, 3.8) is 0 Å². The smallest absolute Gasteiger partial charge is 0.0554 e. The highest BCUT2D eigenvalue weighted by Crippen LogP contribution is 2.54. The highest BCUT2D eigenvalue weighted by Gasteiger charge is 2.46. The minimum absolute atomic E-state index is 0.231. The first-order chi connectivity index (χ1) is 17.8. The predicted molar refractivity (Wildman–Crippen MR) is 158 cm³/mol. The van der Waals surface area contributed by atoms with Crippen molar-refractivity contribution in [2.24, 2.45) is 5.92 Å². The molecule has 0 spiro atoms. The Morgan fingerprint density at radius 2 is 1.11 bits per heavy atom. The van der Waals surface area contributed by atoms with Crippen LogP contribution >= 0.6 is 0 Å². The third-order valence-corrected chi connectivity index (χ3v) is 8.99. The van der Waals surface area contributed by atoms with Gasteiger partial charge >= 0.3 is 0 Å². The van der Waals surface area contributed by atoms with E-state index in [1.54, 1.807) is 0 Å². The second kappa shape index (κ2) is 8.73. The molecule has 0 bridgehead atoms. The molecule has 0 aromatic heterocycles. The highest BCUT2D eigenvalue weighted by molar-refractivity contribution is 5.82. The second-order valence-corrected chi connectivity index (χ2v) is 11.3. The summed E-state index contributed by atoms with van der Waals surface area (Å²) >= 11 is 0. The zero-order chi connectivity index (χ0) is 25.9. The molecule has 0 atom stereocenters. The summed E-state index contributed by atoms with van der Waals surface area (Å²) in [6.07, 6.45) is 10.3. The Hall–Kier alpha value is -3.64. The summed E-state index contributed by atoms with van der Waals surface area (Å²) in [6.45, 7) is 13.5. The third-order valence-electron chi connectivity index (χ3n) is 8.99. The summed E-state index contributed by atoms with van der Waals surface area (Å²) in [5.41, 5.74) is 17.8. The van der Waals surface area contributed by atoms with E-state index in [1.165, 1.54) is 72.3 Å². The van der Waals surface area contributed by atoms with Gasteiger partial charge in [0.15, 0.2) is 0 Å². The number of rotatable bonds is 4. The van der Waals surface area contributed by atoms with E-state index in [-0.39, 0.29) is 11.3 Å². The van der Waals surface area contributed by atoms with Crippen LogP contribution < -0.4 is 0 Å². The Balaban J connectivity index is 1.76. The molecule has 0 heterocycles. The summed E-state index contributed by atoms with van der Waals surface area (Å²) < 4.78 is 0. The first-order valence-electron chi connectivity index (χ1n) is 13.5. The van der Waals surface area contributed by atoms with Gasteiger partial charge in [-0.1, -0.05) is 102 Å². The molecule has 37 heavy (non-hydrogen) atoms. The van der Waals surface area contributed by atoms with E-state index in [0.717, 1.165) is 6.42 Å². The summed E-state index contributed by atoms with van der Waals surface area (Å²) in [5.74, 6) is 0.231. The first-order valence-corrected chi connectivity index (χ1v) is 13.5. The molecule has 0 fully saturated rings. The number of aryl methyl sites for hydroxylation is 5. The van der Waals surface area contributed by atoms with Crippen LogP contribution in [0.25, 0.3) is 11.1 Å². The molecule has 0 aliphatic heterocycles. The molecule has 0 amide bonds. The van der Waals surface area contributed by atoms with Gasteiger partial charge in [0.25, 0.3) is 0 Å². The van der Waals surface area contributed by atoms with E-state index in [9.17, 15) is 0 Å². The normalized spacial score (nSPS) is 14.3. The zero-order valence-electron chi connectivity index (χ0n) is 22.9. The molecule has 0 nitrogen and oxygen atoms in total. The molecular formula is C37H36. The molecule has 2 aliphatic carbocycles. The summed E-state index contributed by atoms with van der Waals surface area (Å²) in [6, 6.07) is 25.9. The lowest BCUT2D eigenvalue weighted by molar-refractivity contribution is 0.521. The lowest BCUT2D eigenvalue weighted by Crippen LogP contribution is -2.38. The molecule has 0 unspecified atom stereocenters. The average Bonchev–Trinajstić information content (AvgIpc) is 3.53. The van der Waals surface area contributed by atoms with Crippen LogP contribution in [-0.2, 0) is 11.8 Å². The number of hydrogen-bond acceptors (Lipinski definition) is 0. The Bertz CT molecular complexity index is 1520. The van der Waals surface area contributed by atoms with Crippen molar-refractivity contribution in [2.45, 2.75) is 53.4 Å². The van der Waals surface area contributed by atoms with Crippen molar-refractivity contribution in [1.29, 1.82) is 0 Å². The maximum Gasteiger partial charge on any atom is 0.0554 e. The van der Waals surface area contributed by atoms with Crippen molar-refractivity contribution >= 4 is 0 Å². The van der Waals surface area contributed by atoms with Crippen molar-refractivity contribution < 1.29 is 0 Å². The average molecular weight is 481 g/mol. The number of fused-ring (bicyclic) bond motifs is 3. The van der Waals surface area contributed by atoms with Crippen LogP contribution in [-0.4, -0.2) is 0 Å². The van der Waals surface area contributed by atoms with Crippen molar-refractivity contribution in [3.8, 4) is 11.1 Å². The van der Waals surface area contributed by atoms with Gasteiger partial charge in [0.1, 0.15) is 0 Å². The highest BCUT2D eigenvalue weighted by atomic mass is 14.5. The quantitative estimate of drug-likeness (QED) is 0.225. The monoisotopic (exact) mass is 480 g/mol. The van der Waals surface area contributed by atoms with Gasteiger partial charge in [-0.3, -0.25) is 0 Å². The minimum Gasteiger partial charge on any atom is -0.0761 e. The predicted octanol–water partition coefficient (Wildman–Crippen LogP) is 9.18. The van der Waals surface area contributed by atoms with Crippen LogP contribution in [0.2, 0.25) is 0 Å². The molecule has 0 N–H and O–H groups in total. The molecule has 0 saturated carbocycles. The SMILES string of the molecule is Cc1ccc(C(c2ccc(C)cc2)(c2c(C)c(C)cc3c2Cc2cc(C)c(C)cc2-3)C2C=CC=C2)cc1. The molecule has 2 aliphatic rings. The van der Waals surface area contributed by atoms with Crippen molar-refractivity contribution in [1.82, 2.24) is 0 Å². The maximum atomic E-state index is 2.45. The standard InChI is InChI=1S/C37H36/c1-23-11-15-31(16-12-23)37(30-9-7-8-10-30,32-17-13-24(2)14-18-32)36-28(6)27(5)21-34-33-20-26(4)25(3)19-29(33)22-35(34)36/h7-21,30H,22H2,1-6H3. The molecule has 0 heteroatoms. The van der Waals surface area contributed by atoms with Gasteiger partial charge in [-0.25, -0.2) is 0 Å². The number of allylic oxidation sites excluding steroid dienone is 4. The van der Waals surface area contributed by atoms with E-state index < -0.39 is 0 Å². The summed E-state index contributed by atoms with van der Waals surface area (Å²) in [5, 5.41) is 0. The van der Waals surface area contributed by atoms with Gasteiger partial charge in [0.2, 0.25) is 0 Å². The molecule has 4 aromatic carbocycles. The van der Waals surface area contributed by atoms with Crippen LogP contribution in [0.15, 0.2) is 91.0 Å². The summed E-state index contributed by atoms with van der Waals surface area (Å²) in [7, 11) is 0. The topological polar surface area (TPSA) is 0 Å². The first kappa shape index (κ1) is 23.7. The molecule has 184 valence electrons. The van der Waals surface area contributed by atoms with Crippen molar-refractivity contribution in [2.75, 3.05) is 0 Å². The third kappa shape index (κ3) is 3.57. The molecule has 0 radical (unpaired) electrons. The maximum absolute atomic E-state index is 2.45. The van der Waals surface area contributed by atoms with E-state index >= 15 is 0 Å². The number of hydrogen-bond donors (Lipinski definition) is 0. The molecule has 0 saturated heterocycles. The van der Waals surface area contributed by atoms with E-state index in [4.69, 9.17) is 0 Å². The van der Waals surface area contributed by atoms with E-state index in [2.05, 4.69) is 133 Å². The minimum atomic E-state index is -0.322. The fraction of sp³-hybridized carbons (Fsp3) is 0.243. The summed E-state index contributed by atoms with van der Waals surface area (Å²) in [4.78, 5) is 0. The van der Waals surface area contributed by atoms with Crippen LogP contribution in [0.4, 0.5) is 0 Å². The fourth-order valence-electron chi connectivity index (χ4n) is 6.75. The van der Waals surface area contributed by atoms with Crippen molar-refractivity contribution in [3.05, 3.63) is 152 Å². The Morgan fingerprint density at radius 1 is 0.595 bits per heavy atom. The van der Waals surface area contributed by atoms with Gasteiger partial charge in [-0.2, -0.15) is 0 Å². The lowest BCUT2D eigenvalue weighted by Gasteiger charge is -2.43. The lowest BCUT2D eigenvalue weighted by atomic mass is 9.59. The second-order valence-electron chi connectivity index (χ2n) is 11.3. The molecular weight excluding hydrogens is 444 g/mol. The van der Waals surface area contributed by atoms with Crippen LogP contribution in [0.1, 0.15) is 61.2 Å². The van der Waals surface area contributed by atoms with Crippen LogP contribution in [0.3, 0.4) is 0 Å².